The van der Waals surface area contributed by atoms with Crippen molar-refractivity contribution in [1.82, 2.24) is 4.98 Å². The largest absolute Gasteiger partial charge is 0.479 e. The molecule has 5 heteroatoms. The number of carboxylic acids is 1. The van der Waals surface area contributed by atoms with E-state index in [9.17, 15) is 9.90 Å². The van der Waals surface area contributed by atoms with Crippen LogP contribution in [0.15, 0.2) is 24.3 Å². The zero-order valence-electron chi connectivity index (χ0n) is 22.5. The molecule has 1 fully saturated rings. The lowest BCUT2D eigenvalue weighted by atomic mass is 9.81. The van der Waals surface area contributed by atoms with Gasteiger partial charge in [-0.3, -0.25) is 4.98 Å². The van der Waals surface area contributed by atoms with Crippen LogP contribution in [-0.2, 0) is 9.53 Å². The number of hydrogen-bond acceptors (Lipinski definition) is 4. The van der Waals surface area contributed by atoms with Crippen molar-refractivity contribution in [2.45, 2.75) is 92.8 Å². The highest BCUT2D eigenvalue weighted by molar-refractivity contribution is 5.88. The molecule has 1 aromatic carbocycles. The maximum atomic E-state index is 12.6. The number of carbonyl (C=O) groups is 1. The Bertz CT molecular complexity index is 1040. The van der Waals surface area contributed by atoms with E-state index in [0.717, 1.165) is 54.1 Å². The van der Waals surface area contributed by atoms with Crippen LogP contribution in [0.3, 0.4) is 0 Å². The number of aliphatic carboxylic acids is 1. The summed E-state index contributed by atoms with van der Waals surface area (Å²) in [4.78, 5) is 19.8. The Labute approximate surface area is 205 Å². The monoisotopic (exact) mass is 466 g/mol. The summed E-state index contributed by atoms with van der Waals surface area (Å²) < 4.78 is 6.17. The van der Waals surface area contributed by atoms with E-state index in [1.54, 1.807) is 0 Å². The number of pyridine rings is 1. The number of nitrogens with zero attached hydrogens (tertiary/aromatic N) is 2. The molecule has 1 aromatic heterocycles. The van der Waals surface area contributed by atoms with E-state index < -0.39 is 17.7 Å². The van der Waals surface area contributed by atoms with Gasteiger partial charge in [-0.1, -0.05) is 52.0 Å². The van der Waals surface area contributed by atoms with Crippen molar-refractivity contribution in [3.05, 3.63) is 46.8 Å². The van der Waals surface area contributed by atoms with E-state index in [4.69, 9.17) is 9.72 Å². The first kappa shape index (κ1) is 26.2. The third-order valence-electron chi connectivity index (χ3n) is 6.81. The Morgan fingerprint density at radius 2 is 1.74 bits per heavy atom. The molecule has 0 spiro atoms. The molecule has 1 aliphatic rings. The van der Waals surface area contributed by atoms with Gasteiger partial charge in [-0.25, -0.2) is 4.79 Å². The van der Waals surface area contributed by atoms with Crippen molar-refractivity contribution in [2.24, 2.45) is 5.41 Å². The smallest absolute Gasteiger partial charge is 0.337 e. The average molecular weight is 467 g/mol. The highest BCUT2D eigenvalue weighted by atomic mass is 16.5. The van der Waals surface area contributed by atoms with Gasteiger partial charge in [0.25, 0.3) is 0 Å². The van der Waals surface area contributed by atoms with Gasteiger partial charge in [-0.2, -0.15) is 0 Å². The molecule has 3 rings (SSSR count). The molecule has 34 heavy (non-hydrogen) atoms. The third-order valence-corrected chi connectivity index (χ3v) is 6.81. The molecule has 186 valence electrons. The molecule has 1 aliphatic heterocycles. The normalized spacial score (nSPS) is 17.2. The van der Waals surface area contributed by atoms with Gasteiger partial charge in [0.2, 0.25) is 0 Å². The molecule has 2 heterocycles. The highest BCUT2D eigenvalue weighted by Gasteiger charge is 2.36. The number of anilines is 1. The lowest BCUT2D eigenvalue weighted by molar-refractivity contribution is -0.160. The van der Waals surface area contributed by atoms with Crippen molar-refractivity contribution in [2.75, 3.05) is 18.0 Å². The Kier molecular flexibility index (Phi) is 7.47. The quantitative estimate of drug-likeness (QED) is 0.494. The summed E-state index contributed by atoms with van der Waals surface area (Å²) in [7, 11) is 0. The first-order valence-corrected chi connectivity index (χ1v) is 12.5. The van der Waals surface area contributed by atoms with Crippen molar-refractivity contribution in [3.63, 3.8) is 0 Å². The predicted octanol–water partition coefficient (Wildman–Crippen LogP) is 7.06. The van der Waals surface area contributed by atoms with Gasteiger partial charge in [0.1, 0.15) is 0 Å². The lowest BCUT2D eigenvalue weighted by Crippen LogP contribution is -2.39. The van der Waals surface area contributed by atoms with Gasteiger partial charge < -0.3 is 14.7 Å². The molecular weight excluding hydrogens is 424 g/mol. The molecule has 5 nitrogen and oxygen atoms in total. The Balaban J connectivity index is 2.32. The zero-order chi connectivity index (χ0) is 25.4. The minimum absolute atomic E-state index is 0.277. The number of aryl methyl sites for hydroxylation is 2. The van der Waals surface area contributed by atoms with Crippen molar-refractivity contribution < 1.29 is 14.6 Å². The molecule has 1 atom stereocenters. The van der Waals surface area contributed by atoms with E-state index in [1.807, 2.05) is 34.6 Å². The van der Waals surface area contributed by atoms with Gasteiger partial charge in [-0.15, -0.1) is 0 Å². The maximum Gasteiger partial charge on any atom is 0.337 e. The second-order valence-electron chi connectivity index (χ2n) is 11.8. The number of hydrogen-bond donors (Lipinski definition) is 1. The summed E-state index contributed by atoms with van der Waals surface area (Å²) in [6, 6.07) is 8.59. The van der Waals surface area contributed by atoms with Crippen molar-refractivity contribution in [3.8, 4) is 11.1 Å². The van der Waals surface area contributed by atoms with Crippen molar-refractivity contribution >= 4 is 11.7 Å². The summed E-state index contributed by atoms with van der Waals surface area (Å²) in [5.74, 6) is -0.586. The summed E-state index contributed by atoms with van der Waals surface area (Å²) in [6.45, 7) is 20.4. The van der Waals surface area contributed by atoms with Crippen LogP contribution < -0.4 is 4.90 Å². The van der Waals surface area contributed by atoms with Crippen molar-refractivity contribution in [1.29, 1.82) is 0 Å². The van der Waals surface area contributed by atoms with Gasteiger partial charge >= 0.3 is 5.97 Å². The topological polar surface area (TPSA) is 62.7 Å². The zero-order valence-corrected chi connectivity index (χ0v) is 22.5. The summed E-state index contributed by atoms with van der Waals surface area (Å²) in [5.41, 5.74) is 6.31. The van der Waals surface area contributed by atoms with Crippen LogP contribution >= 0.6 is 0 Å². The minimum Gasteiger partial charge on any atom is -0.479 e. The van der Waals surface area contributed by atoms with Gasteiger partial charge in [0.05, 0.1) is 11.3 Å². The molecule has 2 aromatic rings. The van der Waals surface area contributed by atoms with Crippen LogP contribution in [0, 0.1) is 19.3 Å². The summed E-state index contributed by atoms with van der Waals surface area (Å²) in [5, 5.41) is 10.3. The predicted molar refractivity (Wildman–Crippen MR) is 140 cm³/mol. The summed E-state index contributed by atoms with van der Waals surface area (Å²) in [6.07, 6.45) is 1.01. The number of piperidine rings is 1. The molecule has 1 saturated heterocycles. The molecular formula is C29H42N2O3. The molecule has 0 saturated carbocycles. The lowest BCUT2D eigenvalue weighted by Gasteiger charge is -2.41. The van der Waals surface area contributed by atoms with E-state index in [0.29, 0.717) is 11.5 Å². The Morgan fingerprint density at radius 3 is 2.26 bits per heavy atom. The van der Waals surface area contributed by atoms with Crippen LogP contribution in [0.2, 0.25) is 0 Å². The fraction of sp³-hybridized carbons (Fsp3) is 0.586. The fourth-order valence-corrected chi connectivity index (χ4v) is 4.81. The number of aromatic nitrogens is 1. The van der Waals surface area contributed by atoms with E-state index >= 15 is 0 Å². The number of benzene rings is 1. The average Bonchev–Trinajstić information content (AvgIpc) is 2.71. The Morgan fingerprint density at radius 1 is 1.12 bits per heavy atom. The third kappa shape index (κ3) is 5.80. The van der Waals surface area contributed by atoms with E-state index in [-0.39, 0.29) is 5.41 Å². The van der Waals surface area contributed by atoms with E-state index in [2.05, 4.69) is 56.9 Å². The van der Waals surface area contributed by atoms with E-state index in [1.165, 1.54) is 5.56 Å². The number of ether oxygens (including phenoxy) is 1. The fourth-order valence-electron chi connectivity index (χ4n) is 4.81. The van der Waals surface area contributed by atoms with Gasteiger partial charge in [0, 0.05) is 35.6 Å². The second-order valence-corrected chi connectivity index (χ2v) is 11.8. The first-order chi connectivity index (χ1) is 15.7. The molecule has 0 radical (unpaired) electrons. The highest BCUT2D eigenvalue weighted by Crippen LogP contribution is 2.45. The maximum absolute atomic E-state index is 12.6. The van der Waals surface area contributed by atoms with Crippen LogP contribution in [0.4, 0.5) is 5.69 Å². The second kappa shape index (κ2) is 9.69. The Hall–Kier alpha value is -2.40. The van der Waals surface area contributed by atoms with Crippen LogP contribution in [-0.4, -0.2) is 34.8 Å². The van der Waals surface area contributed by atoms with Gasteiger partial charge in [0.15, 0.2) is 6.10 Å². The first-order valence-electron chi connectivity index (χ1n) is 12.5. The standard InChI is InChI=1S/C29H42N2O3/c1-18(2)21-11-10-12-22(17-21)23-19(3)30-20(4)24(26(27(32)33)34-28(5,6)7)25(23)31-15-13-29(8,9)14-16-31/h10-12,17-18,26H,13-16H2,1-9H3,(H,32,33)/t26-/m0/s1. The number of carboxylic acid groups (broad SMARTS) is 1. The molecule has 0 bridgehead atoms. The van der Waals surface area contributed by atoms with Crippen LogP contribution in [0.5, 0.6) is 0 Å². The molecule has 0 unspecified atom stereocenters. The van der Waals surface area contributed by atoms with Crippen LogP contribution in [0.1, 0.15) is 95.8 Å². The number of rotatable bonds is 6. The van der Waals surface area contributed by atoms with Crippen LogP contribution in [0.25, 0.3) is 11.1 Å². The molecule has 0 amide bonds. The minimum atomic E-state index is -1.09. The SMILES string of the molecule is Cc1nc(C)c([C@H](OC(C)(C)C)C(=O)O)c(N2CCC(C)(C)CC2)c1-c1cccc(C(C)C)c1. The van der Waals surface area contributed by atoms with Gasteiger partial charge in [-0.05, 0) is 69.9 Å². The summed E-state index contributed by atoms with van der Waals surface area (Å²) >= 11 is 0. The molecule has 0 aliphatic carbocycles. The molecule has 1 N–H and O–H groups in total.